The van der Waals surface area contributed by atoms with E-state index in [4.69, 9.17) is 23.0 Å². The van der Waals surface area contributed by atoms with Crippen molar-refractivity contribution in [3.63, 3.8) is 0 Å². The summed E-state index contributed by atoms with van der Waals surface area (Å²) in [5, 5.41) is 52.6. The van der Waals surface area contributed by atoms with E-state index >= 15 is 9.59 Å². The number of urea groups is 1. The van der Waals surface area contributed by atoms with Gasteiger partial charge in [-0.15, -0.1) is 0 Å². The van der Waals surface area contributed by atoms with E-state index in [2.05, 4.69) is 52.5 Å². The monoisotopic (exact) mass is 1220 g/mol. The van der Waals surface area contributed by atoms with Gasteiger partial charge in [0.15, 0.2) is 17.3 Å². The Hall–Kier alpha value is -9.68. The first kappa shape index (κ1) is 69.1. The third kappa shape index (κ3) is 19.4. The van der Waals surface area contributed by atoms with Crippen molar-refractivity contribution in [3.8, 4) is 5.75 Å². The second-order valence-electron chi connectivity index (χ2n) is 21.9. The number of aliphatic hydroxyl groups is 2. The molecule has 0 aliphatic carbocycles. The third-order valence-corrected chi connectivity index (χ3v) is 14.5. The second kappa shape index (κ2) is 32.2. The lowest BCUT2D eigenvalue weighted by Gasteiger charge is -2.37. The first-order valence-corrected chi connectivity index (χ1v) is 28.4. The summed E-state index contributed by atoms with van der Waals surface area (Å²) in [4.78, 5) is 162. The summed E-state index contributed by atoms with van der Waals surface area (Å²) in [7, 11) is 1.44. The van der Waals surface area contributed by atoms with Crippen molar-refractivity contribution in [1.29, 1.82) is 0 Å². The van der Waals surface area contributed by atoms with Gasteiger partial charge in [-0.1, -0.05) is 74.5 Å². The van der Waals surface area contributed by atoms with Crippen LogP contribution in [0.3, 0.4) is 0 Å². The number of ketones is 1. The third-order valence-electron chi connectivity index (χ3n) is 14.5. The van der Waals surface area contributed by atoms with E-state index in [1.54, 1.807) is 68.6 Å². The fourth-order valence-corrected chi connectivity index (χ4v) is 10.3. The molecule has 1 fully saturated rings. The molecule has 0 bridgehead atoms. The van der Waals surface area contributed by atoms with E-state index in [1.807, 2.05) is 11.5 Å². The molecular weight excluding hydrogens is 1140 g/mol. The number of H-pyrrole nitrogens is 1. The number of aromatic nitrogens is 1. The molecule has 21 N–H and O–H groups in total. The molecular formula is C58H80N16O14. The number of amides is 11. The number of phenols is 1. The number of rotatable bonds is 31. The van der Waals surface area contributed by atoms with Crippen LogP contribution in [0.15, 0.2) is 90.1 Å². The lowest BCUT2D eigenvalue weighted by atomic mass is 9.79. The van der Waals surface area contributed by atoms with E-state index in [1.165, 1.54) is 31.3 Å². The molecule has 1 saturated heterocycles. The zero-order valence-corrected chi connectivity index (χ0v) is 49.5. The SMILES string of the molecule is CN=C(N)NCCCC(NC(=O)[C@](CC(C)C)(NC(=O)NN)C(=O)C(Cc1ccccc1)NC(=O)C(NC(=O)C(CC(N)=O)NC(=O)[C@@H]1C[C@@H](O)CN1C(=O)C(Cc1ccc(O)cc1)NC(C)=O)C(C)O)C(=O)NC(Cc1c[nH]c2ccccc12)C(N)=O. The van der Waals surface area contributed by atoms with Crippen molar-refractivity contribution in [3.05, 3.63) is 102 Å². The summed E-state index contributed by atoms with van der Waals surface area (Å²) >= 11 is 0. The van der Waals surface area contributed by atoms with Gasteiger partial charge in [-0.2, -0.15) is 0 Å². The molecule has 30 heteroatoms. The standard InChI is InChI=1S/C58H80N16O14/c1-30(2)27-58(72-57(88)73-62,55(87)70-40(16-11-21-64-56(61)63-5)50(82)68-42(49(60)81)24-35-28-65-39-15-10-9-14-38(35)39)48(80)41(22-33-12-7-6-8-13-33)67-53(85)47(31(3)75)71-51(83)43(26-46(59)79)69-52(84)45-25-37(78)29-74(45)54(86)44(66-32(4)76)23-34-17-19-36(77)20-18-34/h6-10,12-15,17-20,28,30-31,37,40-45,47,65,75,77-78H,11,16,21-27,29,62H2,1-5H3,(H2,59,79)(H2,60,81)(H,66,76)(H,67,85)(H,68,82)(H,69,84)(H,70,87)(H,71,83)(H3,61,63,64)(H2,72,73,88)/t31?,37-,40?,41?,42?,43?,44?,45+,47?,58-/m1/s1. The number of aliphatic imine (C=N–C) groups is 1. The summed E-state index contributed by atoms with van der Waals surface area (Å²) in [6, 6.07) is 8.23. The number of primary amides is 2. The maximum Gasteiger partial charge on any atom is 0.330 e. The lowest BCUT2D eigenvalue weighted by Crippen LogP contribution is -2.71. The number of carbonyl (C=O) groups is 11. The summed E-state index contributed by atoms with van der Waals surface area (Å²) < 4.78 is 0. The number of nitrogens with one attached hydrogen (secondary N) is 10. The van der Waals surface area contributed by atoms with E-state index in [0.29, 0.717) is 16.7 Å². The summed E-state index contributed by atoms with van der Waals surface area (Å²) in [6.45, 7) is 5.18. The number of Topliss-reactive ketones (excluding diaryl/α,β-unsaturated/α-hetero) is 1. The number of β-amino-alcohol motifs (C(OH)–C–C–N with tert-alkyl or cyclic N) is 1. The Labute approximate surface area is 506 Å². The van der Waals surface area contributed by atoms with Gasteiger partial charge < -0.3 is 84.9 Å². The number of carbonyl (C=O) groups excluding carboxylic acids is 11. The van der Waals surface area contributed by atoms with Crippen LogP contribution in [0.2, 0.25) is 0 Å². The van der Waals surface area contributed by atoms with Crippen molar-refractivity contribution in [1.82, 2.24) is 57.8 Å². The normalized spacial score (nSPS) is 17.1. The summed E-state index contributed by atoms with van der Waals surface area (Å²) in [5.74, 6) is -5.57. The van der Waals surface area contributed by atoms with Crippen molar-refractivity contribution in [2.75, 3.05) is 20.1 Å². The maximum atomic E-state index is 15.7. The highest BCUT2D eigenvalue weighted by Crippen LogP contribution is 2.26. The van der Waals surface area contributed by atoms with Gasteiger partial charge in [0.2, 0.25) is 47.3 Å². The molecule has 30 nitrogen and oxygen atoms in total. The van der Waals surface area contributed by atoms with Crippen molar-refractivity contribution >= 4 is 81.8 Å². The number of aromatic amines is 1. The Morgan fingerprint density at radius 1 is 0.739 bits per heavy atom. The number of hydrazine groups is 1. The number of para-hydroxylation sites is 1. The molecule has 0 saturated carbocycles. The fraction of sp³-hybridized carbons (Fsp3) is 0.448. The first-order chi connectivity index (χ1) is 41.7. The van der Waals surface area contributed by atoms with Crippen LogP contribution < -0.4 is 71.0 Å². The molecule has 5 rings (SSSR count). The second-order valence-corrected chi connectivity index (χ2v) is 21.9. The number of likely N-dealkylation sites (tertiary alicyclic amines) is 1. The number of benzene rings is 3. The molecule has 3 aromatic carbocycles. The molecule has 1 aliphatic rings. The molecule has 476 valence electrons. The van der Waals surface area contributed by atoms with Crippen LogP contribution in [0, 0.1) is 5.92 Å². The maximum absolute atomic E-state index is 15.7. The van der Waals surface area contributed by atoms with Gasteiger partial charge >= 0.3 is 6.03 Å². The minimum atomic E-state index is -2.73. The van der Waals surface area contributed by atoms with E-state index in [9.17, 15) is 58.5 Å². The van der Waals surface area contributed by atoms with Crippen molar-refractivity contribution in [2.24, 2.45) is 34.0 Å². The predicted molar refractivity (Wildman–Crippen MR) is 320 cm³/mol. The molecule has 7 unspecified atom stereocenters. The molecule has 0 spiro atoms. The topological polar surface area (TPSA) is 492 Å². The Morgan fingerprint density at radius 3 is 1.98 bits per heavy atom. The van der Waals surface area contributed by atoms with Crippen LogP contribution in [-0.2, 0) is 67.2 Å². The molecule has 0 radical (unpaired) electrons. The molecule has 4 aromatic rings. The number of guanidine groups is 1. The Kier molecular flexibility index (Phi) is 25.3. The van der Waals surface area contributed by atoms with E-state index in [0.717, 1.165) is 29.7 Å². The van der Waals surface area contributed by atoms with E-state index in [-0.39, 0.29) is 50.4 Å². The Morgan fingerprint density at radius 2 is 1.36 bits per heavy atom. The van der Waals surface area contributed by atoms with Crippen LogP contribution in [-0.4, -0.2) is 176 Å². The quantitative estimate of drug-likeness (QED) is 0.00440. The van der Waals surface area contributed by atoms with Gasteiger partial charge in [0.05, 0.1) is 24.7 Å². The molecule has 10 atom stereocenters. The highest BCUT2D eigenvalue weighted by Gasteiger charge is 2.52. The minimum absolute atomic E-state index is 0.0544. The van der Waals surface area contributed by atoms with Gasteiger partial charge in [0, 0.05) is 63.4 Å². The van der Waals surface area contributed by atoms with Crippen molar-refractivity contribution < 1.29 is 68.1 Å². The van der Waals surface area contributed by atoms with Crippen LogP contribution in [0.1, 0.15) is 76.5 Å². The predicted octanol–water partition coefficient (Wildman–Crippen LogP) is -3.63. The average molecular weight is 1230 g/mol. The smallest absolute Gasteiger partial charge is 0.330 e. The van der Waals surface area contributed by atoms with Gasteiger partial charge in [0.1, 0.15) is 42.0 Å². The van der Waals surface area contributed by atoms with E-state index < -0.39 is 157 Å². The lowest BCUT2D eigenvalue weighted by molar-refractivity contribution is -0.143. The fourth-order valence-electron chi connectivity index (χ4n) is 10.3. The molecule has 1 aromatic heterocycles. The van der Waals surface area contributed by atoms with Gasteiger partial charge in [-0.05, 0) is 73.4 Å². The van der Waals surface area contributed by atoms with Crippen LogP contribution >= 0.6 is 0 Å². The summed E-state index contributed by atoms with van der Waals surface area (Å²) in [5.41, 5.74) is 18.6. The van der Waals surface area contributed by atoms with Gasteiger partial charge in [-0.3, -0.25) is 58.4 Å². The molecule has 2 heterocycles. The summed E-state index contributed by atoms with van der Waals surface area (Å²) in [6.07, 6.45) is -3.92. The largest absolute Gasteiger partial charge is 0.508 e. The number of aromatic hydroxyl groups is 1. The number of nitrogens with zero attached hydrogens (tertiary/aromatic N) is 2. The van der Waals surface area contributed by atoms with Crippen LogP contribution in [0.4, 0.5) is 4.79 Å². The minimum Gasteiger partial charge on any atom is -0.508 e. The highest BCUT2D eigenvalue weighted by atomic mass is 16.3. The zero-order valence-electron chi connectivity index (χ0n) is 49.5. The van der Waals surface area contributed by atoms with Crippen LogP contribution in [0.5, 0.6) is 5.75 Å². The Bertz CT molecular complexity index is 3180. The number of fused-ring (bicyclic) bond motifs is 1. The molecule has 1 aliphatic heterocycles. The van der Waals surface area contributed by atoms with Gasteiger partial charge in [0.25, 0.3) is 5.91 Å². The van der Waals surface area contributed by atoms with Crippen LogP contribution in [0.25, 0.3) is 10.9 Å². The number of aliphatic hydroxyl groups excluding tert-OH is 2. The van der Waals surface area contributed by atoms with Gasteiger partial charge in [-0.25, -0.2) is 10.6 Å². The number of phenolic OH excluding ortho intramolecular Hbond substituents is 1. The number of nitrogens with two attached hydrogens (primary N) is 4. The Balaban J connectivity index is 1.47. The average Bonchev–Trinajstić information content (AvgIpc) is 1.70. The van der Waals surface area contributed by atoms with Crippen molar-refractivity contribution in [2.45, 2.75) is 139 Å². The number of hydrogen-bond donors (Lipinski definition) is 17. The zero-order chi connectivity index (χ0) is 65.0. The molecule has 88 heavy (non-hydrogen) atoms. The molecule has 11 amide bonds. The first-order valence-electron chi connectivity index (χ1n) is 28.4. The number of hydrogen-bond acceptors (Lipinski definition) is 16. The highest BCUT2D eigenvalue weighted by molar-refractivity contribution is 6.16.